The molecule has 1 fully saturated rings. The van der Waals surface area contributed by atoms with Crippen molar-refractivity contribution in [2.75, 3.05) is 13.2 Å². The van der Waals surface area contributed by atoms with Gasteiger partial charge in [-0.25, -0.2) is 0 Å². The SMILES string of the molecule is CC(C)C[C@H](CC(=O)[C@@H](C)Cc1ccc(OCc2ccccc2)cc1)C(=O)N[C@@H](C)C(=O)CCC1(N[C@@H](C)C(=O)OCc2ccccc2)COC1. The van der Waals surface area contributed by atoms with Crippen LogP contribution in [0.5, 0.6) is 5.75 Å². The van der Waals surface area contributed by atoms with E-state index in [1.165, 1.54) is 0 Å². The van der Waals surface area contributed by atoms with E-state index < -0.39 is 23.5 Å². The van der Waals surface area contributed by atoms with E-state index in [-0.39, 0.29) is 54.7 Å². The Morgan fingerprint density at radius 1 is 0.745 bits per heavy atom. The maximum Gasteiger partial charge on any atom is 0.323 e. The van der Waals surface area contributed by atoms with Gasteiger partial charge in [-0.1, -0.05) is 93.6 Å². The van der Waals surface area contributed by atoms with E-state index in [9.17, 15) is 19.2 Å². The van der Waals surface area contributed by atoms with E-state index in [0.717, 1.165) is 22.4 Å². The fourth-order valence-corrected chi connectivity index (χ4v) is 6.24. The predicted octanol–water partition coefficient (Wildman–Crippen LogP) is 6.41. The summed E-state index contributed by atoms with van der Waals surface area (Å²) in [6.45, 7) is 10.8. The third-order valence-corrected chi connectivity index (χ3v) is 9.39. The van der Waals surface area contributed by atoms with Crippen molar-refractivity contribution in [2.45, 2.75) is 97.6 Å². The summed E-state index contributed by atoms with van der Waals surface area (Å²) in [6, 6.07) is 25.9. The highest BCUT2D eigenvalue weighted by molar-refractivity contribution is 5.92. The molecule has 1 amide bonds. The molecule has 0 unspecified atom stereocenters. The lowest BCUT2D eigenvalue weighted by molar-refractivity contribution is -0.151. The first kappa shape index (κ1) is 39.4. The number of esters is 1. The predicted molar refractivity (Wildman–Crippen MR) is 197 cm³/mol. The zero-order valence-corrected chi connectivity index (χ0v) is 30.7. The van der Waals surface area contributed by atoms with Gasteiger partial charge in [0, 0.05) is 24.7 Å². The second-order valence-electron chi connectivity index (χ2n) is 14.4. The standard InChI is InChI=1S/C42H54N2O7/c1-29(2)22-36(24-39(46)30(3)23-33-16-18-37(19-17-33)50-25-34-12-8-6-9-13-34)40(47)43-31(4)38(45)20-21-42(27-49-28-42)44-32(5)41(48)51-26-35-14-10-7-11-15-35/h6-19,29-32,36,44H,20-28H2,1-5H3,(H,43,47)/t30-,31-,32-,36+/m0/s1. The molecule has 0 aromatic heterocycles. The van der Waals surface area contributed by atoms with Gasteiger partial charge in [0.05, 0.1) is 24.8 Å². The van der Waals surface area contributed by atoms with Gasteiger partial charge in [0.25, 0.3) is 0 Å². The number of ether oxygens (including phenoxy) is 3. The summed E-state index contributed by atoms with van der Waals surface area (Å²) in [6.07, 6.45) is 1.87. The molecule has 1 aliphatic rings. The van der Waals surface area contributed by atoms with E-state index in [1.807, 2.05) is 106 Å². The molecule has 9 heteroatoms. The fraction of sp³-hybridized carbons (Fsp3) is 0.476. The topological polar surface area (TPSA) is 120 Å². The van der Waals surface area contributed by atoms with Gasteiger partial charge in [-0.3, -0.25) is 24.5 Å². The molecule has 3 aromatic rings. The molecule has 0 saturated carbocycles. The van der Waals surface area contributed by atoms with Crippen LogP contribution in [0.4, 0.5) is 0 Å². The van der Waals surface area contributed by atoms with E-state index in [1.54, 1.807) is 13.8 Å². The minimum Gasteiger partial charge on any atom is -0.489 e. The summed E-state index contributed by atoms with van der Waals surface area (Å²) in [5.74, 6) is -0.583. The van der Waals surface area contributed by atoms with Crippen molar-refractivity contribution in [3.05, 3.63) is 102 Å². The van der Waals surface area contributed by atoms with Crippen LogP contribution in [0.2, 0.25) is 0 Å². The zero-order chi connectivity index (χ0) is 36.8. The molecule has 0 bridgehead atoms. The van der Waals surface area contributed by atoms with Gasteiger partial charge in [-0.2, -0.15) is 0 Å². The van der Waals surface area contributed by atoms with Crippen LogP contribution in [-0.2, 0) is 48.3 Å². The third-order valence-electron chi connectivity index (χ3n) is 9.39. The molecule has 51 heavy (non-hydrogen) atoms. The first-order chi connectivity index (χ1) is 24.4. The Hall–Kier alpha value is -4.34. The lowest BCUT2D eigenvalue weighted by Gasteiger charge is -2.43. The van der Waals surface area contributed by atoms with Gasteiger partial charge in [0.2, 0.25) is 5.91 Å². The average molecular weight is 699 g/mol. The summed E-state index contributed by atoms with van der Waals surface area (Å²) >= 11 is 0. The van der Waals surface area contributed by atoms with Crippen molar-refractivity contribution >= 4 is 23.4 Å². The van der Waals surface area contributed by atoms with Crippen LogP contribution in [0.15, 0.2) is 84.9 Å². The molecule has 0 spiro atoms. The summed E-state index contributed by atoms with van der Waals surface area (Å²) in [5.41, 5.74) is 2.50. The van der Waals surface area contributed by atoms with E-state index in [2.05, 4.69) is 10.6 Å². The number of nitrogens with one attached hydrogen (secondary N) is 2. The summed E-state index contributed by atoms with van der Waals surface area (Å²) < 4.78 is 16.8. The van der Waals surface area contributed by atoms with Crippen LogP contribution < -0.4 is 15.4 Å². The molecule has 3 aromatic carbocycles. The Labute approximate surface area is 302 Å². The lowest BCUT2D eigenvalue weighted by Crippen LogP contribution is -2.64. The Morgan fingerprint density at radius 2 is 1.35 bits per heavy atom. The minimum absolute atomic E-state index is 0.0219. The molecular formula is C42H54N2O7. The first-order valence-corrected chi connectivity index (χ1v) is 18.1. The highest BCUT2D eigenvalue weighted by Crippen LogP contribution is 2.25. The molecule has 1 saturated heterocycles. The average Bonchev–Trinajstić information content (AvgIpc) is 3.11. The van der Waals surface area contributed by atoms with Crippen molar-refractivity contribution < 1.29 is 33.4 Å². The Kier molecular flexibility index (Phi) is 14.9. The fourth-order valence-electron chi connectivity index (χ4n) is 6.24. The van der Waals surface area contributed by atoms with Crippen LogP contribution in [0.25, 0.3) is 0 Å². The molecule has 1 heterocycles. The largest absolute Gasteiger partial charge is 0.489 e. The molecule has 4 atom stereocenters. The zero-order valence-electron chi connectivity index (χ0n) is 30.7. The molecule has 2 N–H and O–H groups in total. The number of amides is 1. The Morgan fingerprint density at radius 3 is 1.92 bits per heavy atom. The van der Waals surface area contributed by atoms with Crippen molar-refractivity contribution in [3.63, 3.8) is 0 Å². The van der Waals surface area contributed by atoms with E-state index >= 15 is 0 Å². The Balaban J connectivity index is 1.22. The van der Waals surface area contributed by atoms with Gasteiger partial charge < -0.3 is 19.5 Å². The molecule has 0 radical (unpaired) electrons. The van der Waals surface area contributed by atoms with Crippen molar-refractivity contribution in [1.82, 2.24) is 10.6 Å². The van der Waals surface area contributed by atoms with E-state index in [0.29, 0.717) is 39.1 Å². The maximum absolute atomic E-state index is 13.5. The second kappa shape index (κ2) is 19.3. The van der Waals surface area contributed by atoms with Crippen LogP contribution in [0.1, 0.15) is 77.0 Å². The normalized spacial score (nSPS) is 15.9. The molecule has 274 valence electrons. The summed E-state index contributed by atoms with van der Waals surface area (Å²) in [4.78, 5) is 52.7. The lowest BCUT2D eigenvalue weighted by atomic mass is 9.86. The highest BCUT2D eigenvalue weighted by atomic mass is 16.5. The quantitative estimate of drug-likeness (QED) is 0.123. The van der Waals surface area contributed by atoms with Gasteiger partial charge in [0.15, 0.2) is 5.78 Å². The molecular weight excluding hydrogens is 644 g/mol. The first-order valence-electron chi connectivity index (χ1n) is 18.1. The monoisotopic (exact) mass is 698 g/mol. The van der Waals surface area contributed by atoms with Crippen molar-refractivity contribution in [1.29, 1.82) is 0 Å². The maximum atomic E-state index is 13.5. The number of carbonyl (C=O) groups excluding carboxylic acids is 4. The molecule has 1 aliphatic heterocycles. The number of hydrogen-bond donors (Lipinski definition) is 2. The van der Waals surface area contributed by atoms with Crippen LogP contribution in [0, 0.1) is 17.8 Å². The molecule has 9 nitrogen and oxygen atoms in total. The summed E-state index contributed by atoms with van der Waals surface area (Å²) in [7, 11) is 0. The van der Waals surface area contributed by atoms with Gasteiger partial charge in [0.1, 0.15) is 30.8 Å². The minimum atomic E-state index is -0.714. The van der Waals surface area contributed by atoms with Gasteiger partial charge in [-0.05, 0) is 67.9 Å². The van der Waals surface area contributed by atoms with E-state index in [4.69, 9.17) is 14.2 Å². The Bertz CT molecular complexity index is 1560. The van der Waals surface area contributed by atoms with Gasteiger partial charge >= 0.3 is 5.97 Å². The third kappa shape index (κ3) is 12.7. The van der Waals surface area contributed by atoms with Crippen LogP contribution >= 0.6 is 0 Å². The van der Waals surface area contributed by atoms with Crippen LogP contribution in [0.3, 0.4) is 0 Å². The highest BCUT2D eigenvalue weighted by Gasteiger charge is 2.41. The van der Waals surface area contributed by atoms with Crippen molar-refractivity contribution in [3.8, 4) is 5.75 Å². The summed E-state index contributed by atoms with van der Waals surface area (Å²) in [5, 5.41) is 6.21. The number of Topliss-reactive ketones (excluding diaryl/α,β-unsaturated/α-hetero) is 2. The molecule has 0 aliphatic carbocycles. The smallest absolute Gasteiger partial charge is 0.323 e. The number of hydrogen-bond acceptors (Lipinski definition) is 8. The van der Waals surface area contributed by atoms with Crippen LogP contribution in [-0.4, -0.2) is 54.3 Å². The molecule has 4 rings (SSSR count). The number of ketones is 2. The number of benzene rings is 3. The second-order valence-corrected chi connectivity index (χ2v) is 14.4. The number of carbonyl (C=O) groups is 4. The van der Waals surface area contributed by atoms with Gasteiger partial charge in [-0.15, -0.1) is 0 Å². The van der Waals surface area contributed by atoms with Crippen molar-refractivity contribution in [2.24, 2.45) is 17.8 Å². The number of rotatable bonds is 21.